The second kappa shape index (κ2) is 11.6. The highest BCUT2D eigenvalue weighted by Crippen LogP contribution is 2.36. The van der Waals surface area contributed by atoms with Crippen LogP contribution in [0.5, 0.6) is 10.8 Å². The first-order valence-corrected chi connectivity index (χ1v) is 13.0. The molecule has 4 aromatic rings. The molecule has 0 aliphatic heterocycles. The standard InChI is InChI=1S/C29H34N4O3S/c1-19-7-8-25(36-12-11-32(3)4)16-26(19)29(34)31-20(2)21-13-22(24-17-30-33(5)18-24)15-23(14-21)27-9-10-28(35-6)37-27/h7-10,13-18,20H,11-12H2,1-6H3,(H,31,34)/t20-/m1/s1. The van der Waals surface area contributed by atoms with Gasteiger partial charge in [-0.3, -0.25) is 9.48 Å². The maximum atomic E-state index is 13.3. The highest BCUT2D eigenvalue weighted by atomic mass is 32.1. The monoisotopic (exact) mass is 518 g/mol. The Hall–Kier alpha value is -3.62. The third kappa shape index (κ3) is 6.58. The Morgan fingerprint density at radius 2 is 1.89 bits per heavy atom. The summed E-state index contributed by atoms with van der Waals surface area (Å²) in [5.74, 6) is 0.562. The molecule has 0 saturated carbocycles. The number of nitrogens with zero attached hydrogens (tertiary/aromatic N) is 3. The molecule has 0 aliphatic rings. The molecule has 0 unspecified atom stereocenters. The number of likely N-dealkylation sites (N-methyl/N-ethyl adjacent to an activating group) is 1. The zero-order valence-corrected chi connectivity index (χ0v) is 23.1. The van der Waals surface area contributed by atoms with Crippen LogP contribution in [-0.4, -0.2) is 54.9 Å². The fraction of sp³-hybridized carbons (Fsp3) is 0.310. The van der Waals surface area contributed by atoms with Crippen LogP contribution in [0.25, 0.3) is 21.6 Å². The lowest BCUT2D eigenvalue weighted by Crippen LogP contribution is -2.27. The molecule has 7 nitrogen and oxygen atoms in total. The number of hydrogen-bond donors (Lipinski definition) is 1. The molecule has 1 N–H and O–H groups in total. The van der Waals surface area contributed by atoms with Gasteiger partial charge in [-0.05, 0) is 92.7 Å². The summed E-state index contributed by atoms with van der Waals surface area (Å²) in [6.07, 6.45) is 3.85. The van der Waals surface area contributed by atoms with Gasteiger partial charge in [0, 0.05) is 35.8 Å². The van der Waals surface area contributed by atoms with Crippen LogP contribution in [0.2, 0.25) is 0 Å². The van der Waals surface area contributed by atoms with Gasteiger partial charge >= 0.3 is 0 Å². The highest BCUT2D eigenvalue weighted by molar-refractivity contribution is 7.17. The molecule has 2 aromatic carbocycles. The number of aromatic nitrogens is 2. The Morgan fingerprint density at radius 1 is 1.11 bits per heavy atom. The van der Waals surface area contributed by atoms with Gasteiger partial charge in [0.05, 0.1) is 19.3 Å². The van der Waals surface area contributed by atoms with Crippen molar-refractivity contribution >= 4 is 17.2 Å². The normalized spacial score (nSPS) is 12.0. The highest BCUT2D eigenvalue weighted by Gasteiger charge is 2.17. The second-order valence-corrected chi connectivity index (χ2v) is 10.4. The van der Waals surface area contributed by atoms with E-state index in [-0.39, 0.29) is 11.9 Å². The first-order chi connectivity index (χ1) is 17.7. The Kier molecular flexibility index (Phi) is 8.31. The molecule has 0 bridgehead atoms. The Bertz CT molecular complexity index is 1380. The molecular formula is C29H34N4O3S. The van der Waals surface area contributed by atoms with Crippen LogP contribution in [-0.2, 0) is 7.05 Å². The minimum absolute atomic E-state index is 0.130. The zero-order valence-electron chi connectivity index (χ0n) is 22.2. The van der Waals surface area contributed by atoms with E-state index in [9.17, 15) is 4.79 Å². The van der Waals surface area contributed by atoms with Crippen molar-refractivity contribution in [2.75, 3.05) is 34.4 Å². The van der Waals surface area contributed by atoms with Crippen LogP contribution < -0.4 is 14.8 Å². The van der Waals surface area contributed by atoms with Crippen molar-refractivity contribution in [1.82, 2.24) is 20.0 Å². The quantitative estimate of drug-likeness (QED) is 0.298. The van der Waals surface area contributed by atoms with Gasteiger partial charge < -0.3 is 19.7 Å². The number of ether oxygens (including phenoxy) is 2. The number of amides is 1. The van der Waals surface area contributed by atoms with Gasteiger partial charge in [-0.1, -0.05) is 17.4 Å². The summed E-state index contributed by atoms with van der Waals surface area (Å²) in [4.78, 5) is 16.5. The van der Waals surface area contributed by atoms with E-state index in [1.807, 2.05) is 71.6 Å². The second-order valence-electron chi connectivity index (χ2n) is 9.39. The molecule has 194 valence electrons. The number of hydrogen-bond acceptors (Lipinski definition) is 6. The number of benzene rings is 2. The van der Waals surface area contributed by atoms with Crippen molar-refractivity contribution in [3.05, 3.63) is 77.6 Å². The van der Waals surface area contributed by atoms with E-state index in [0.717, 1.165) is 44.3 Å². The summed E-state index contributed by atoms with van der Waals surface area (Å²) in [6.45, 7) is 5.31. The summed E-state index contributed by atoms with van der Waals surface area (Å²) < 4.78 is 13.1. The lowest BCUT2D eigenvalue weighted by atomic mass is 9.97. The third-order valence-corrected chi connectivity index (χ3v) is 7.26. The van der Waals surface area contributed by atoms with Crippen molar-refractivity contribution < 1.29 is 14.3 Å². The summed E-state index contributed by atoms with van der Waals surface area (Å²) in [7, 11) is 7.59. The molecule has 1 amide bonds. The minimum Gasteiger partial charge on any atom is -0.492 e. The number of thiophene rings is 1. The summed E-state index contributed by atoms with van der Waals surface area (Å²) in [5.41, 5.74) is 5.65. The molecule has 4 rings (SSSR count). The summed E-state index contributed by atoms with van der Waals surface area (Å²) in [6, 6.07) is 15.9. The predicted octanol–water partition coefficient (Wildman–Crippen LogP) is 5.56. The first kappa shape index (κ1) is 26.4. The third-order valence-electron chi connectivity index (χ3n) is 6.17. The molecule has 2 aromatic heterocycles. The molecular weight excluding hydrogens is 484 g/mol. The van der Waals surface area contributed by atoms with Gasteiger partial charge in [0.2, 0.25) is 0 Å². The van der Waals surface area contributed by atoms with E-state index in [1.54, 1.807) is 23.1 Å². The van der Waals surface area contributed by atoms with Gasteiger partial charge in [0.1, 0.15) is 12.4 Å². The smallest absolute Gasteiger partial charge is 0.252 e. The number of carbonyl (C=O) groups excluding carboxylic acids is 1. The largest absolute Gasteiger partial charge is 0.492 e. The molecule has 0 radical (unpaired) electrons. The molecule has 0 saturated heterocycles. The van der Waals surface area contributed by atoms with Gasteiger partial charge in [-0.15, -0.1) is 0 Å². The van der Waals surface area contributed by atoms with Crippen LogP contribution in [0.4, 0.5) is 0 Å². The van der Waals surface area contributed by atoms with Gasteiger partial charge in [-0.2, -0.15) is 5.10 Å². The molecule has 2 heterocycles. The average molecular weight is 519 g/mol. The number of rotatable bonds is 10. The zero-order chi connectivity index (χ0) is 26.5. The van der Waals surface area contributed by atoms with Crippen LogP contribution in [0.15, 0.2) is 60.9 Å². The fourth-order valence-corrected chi connectivity index (χ4v) is 4.81. The number of carbonyl (C=O) groups is 1. The minimum atomic E-state index is -0.220. The van der Waals surface area contributed by atoms with Crippen LogP contribution in [0, 0.1) is 6.92 Å². The molecule has 0 fully saturated rings. The summed E-state index contributed by atoms with van der Waals surface area (Å²) >= 11 is 1.59. The number of nitrogens with one attached hydrogen (secondary N) is 1. The molecule has 0 aliphatic carbocycles. The molecule has 37 heavy (non-hydrogen) atoms. The van der Waals surface area contributed by atoms with Crippen molar-refractivity contribution in [3.8, 4) is 32.4 Å². The first-order valence-electron chi connectivity index (χ1n) is 12.2. The summed E-state index contributed by atoms with van der Waals surface area (Å²) in [5, 5.41) is 8.38. The van der Waals surface area contributed by atoms with E-state index >= 15 is 0 Å². The van der Waals surface area contributed by atoms with Gasteiger partial charge in [0.15, 0.2) is 5.06 Å². The van der Waals surface area contributed by atoms with E-state index in [4.69, 9.17) is 9.47 Å². The van der Waals surface area contributed by atoms with E-state index in [2.05, 4.69) is 39.6 Å². The Balaban J connectivity index is 1.60. The van der Waals surface area contributed by atoms with E-state index in [0.29, 0.717) is 17.9 Å². The van der Waals surface area contributed by atoms with Crippen molar-refractivity contribution in [3.63, 3.8) is 0 Å². The van der Waals surface area contributed by atoms with Crippen LogP contribution in [0.1, 0.15) is 34.5 Å². The Labute approximate surface area is 222 Å². The maximum Gasteiger partial charge on any atom is 0.252 e. The van der Waals surface area contributed by atoms with Crippen molar-refractivity contribution in [2.45, 2.75) is 19.9 Å². The van der Waals surface area contributed by atoms with Crippen LogP contribution in [0.3, 0.4) is 0 Å². The SMILES string of the molecule is COc1ccc(-c2cc(-c3cnn(C)c3)cc([C@@H](C)NC(=O)c3cc(OCCN(C)C)ccc3C)c2)s1. The maximum absolute atomic E-state index is 13.3. The molecule has 8 heteroatoms. The van der Waals surface area contributed by atoms with Crippen LogP contribution >= 0.6 is 11.3 Å². The Morgan fingerprint density at radius 3 is 2.57 bits per heavy atom. The lowest BCUT2D eigenvalue weighted by molar-refractivity contribution is 0.0938. The van der Waals surface area contributed by atoms with Crippen molar-refractivity contribution in [2.24, 2.45) is 7.05 Å². The average Bonchev–Trinajstić information content (AvgIpc) is 3.53. The fourth-order valence-electron chi connectivity index (χ4n) is 4.01. The van der Waals surface area contributed by atoms with E-state index < -0.39 is 0 Å². The van der Waals surface area contributed by atoms with E-state index in [1.165, 1.54) is 0 Å². The molecule has 1 atom stereocenters. The van der Waals surface area contributed by atoms with Gasteiger partial charge in [0.25, 0.3) is 5.91 Å². The predicted molar refractivity (Wildman–Crippen MR) is 150 cm³/mol. The topological polar surface area (TPSA) is 68.6 Å². The molecule has 0 spiro atoms. The lowest BCUT2D eigenvalue weighted by Gasteiger charge is -2.18. The number of aryl methyl sites for hydroxylation is 2. The van der Waals surface area contributed by atoms with Gasteiger partial charge in [-0.25, -0.2) is 0 Å². The van der Waals surface area contributed by atoms with Crippen molar-refractivity contribution in [1.29, 1.82) is 0 Å². The number of methoxy groups -OCH3 is 1.